The zero-order valence-corrected chi connectivity index (χ0v) is 21.3. The van der Waals surface area contributed by atoms with Gasteiger partial charge in [-0.3, -0.25) is 4.79 Å². The summed E-state index contributed by atoms with van der Waals surface area (Å²) >= 11 is 0. The van der Waals surface area contributed by atoms with Gasteiger partial charge < -0.3 is 9.47 Å². The van der Waals surface area contributed by atoms with Crippen LogP contribution in [0.15, 0.2) is 0 Å². The summed E-state index contributed by atoms with van der Waals surface area (Å²) in [5.41, 5.74) is 0.643. The predicted molar refractivity (Wildman–Crippen MR) is 127 cm³/mol. The maximum absolute atomic E-state index is 13.5. The summed E-state index contributed by atoms with van der Waals surface area (Å²) < 4.78 is 12.6. The molecule has 6 heteroatoms. The van der Waals surface area contributed by atoms with Crippen molar-refractivity contribution in [2.75, 3.05) is 13.7 Å². The number of rotatable bonds is 5. The maximum atomic E-state index is 13.5. The highest BCUT2D eigenvalue weighted by atomic mass is 16.5. The Morgan fingerprint density at radius 1 is 1.00 bits per heavy atom. The molecular weight excluding hydrogens is 414 g/mol. The Bertz CT molecular complexity index is 884. The number of methoxy groups -OCH3 is 1. The average Bonchev–Trinajstić information content (AvgIpc) is 3.16. The van der Waals surface area contributed by atoms with Crippen molar-refractivity contribution >= 4 is 5.78 Å². The summed E-state index contributed by atoms with van der Waals surface area (Å²) in [5, 5.41) is 7.97. The fourth-order valence-corrected chi connectivity index (χ4v) is 9.04. The average molecular weight is 458 g/mol. The molecule has 1 aromatic heterocycles. The van der Waals surface area contributed by atoms with E-state index in [2.05, 4.69) is 31.0 Å². The summed E-state index contributed by atoms with van der Waals surface area (Å²) in [6.07, 6.45) is 13.0. The van der Waals surface area contributed by atoms with Gasteiger partial charge in [0.1, 0.15) is 0 Å². The molecule has 4 fully saturated rings. The third-order valence-electron chi connectivity index (χ3n) is 10.9. The number of carbonyl (C=O) groups is 1. The highest BCUT2D eigenvalue weighted by Crippen LogP contribution is 2.66. The van der Waals surface area contributed by atoms with Crippen molar-refractivity contribution in [3.63, 3.8) is 0 Å². The first-order chi connectivity index (χ1) is 15.8. The number of hydrogen-bond donors (Lipinski definition) is 0. The van der Waals surface area contributed by atoms with Gasteiger partial charge in [0.15, 0.2) is 12.4 Å². The monoisotopic (exact) mass is 457 g/mol. The van der Waals surface area contributed by atoms with E-state index in [-0.39, 0.29) is 23.7 Å². The summed E-state index contributed by atoms with van der Waals surface area (Å²) in [6, 6.07) is 0.737. The molecule has 0 radical (unpaired) electrons. The second-order valence-corrected chi connectivity index (χ2v) is 12.3. The second kappa shape index (κ2) is 8.57. The lowest BCUT2D eigenvalue weighted by Gasteiger charge is -2.63. The molecule has 0 aliphatic heterocycles. The molecule has 6 nitrogen and oxygen atoms in total. The van der Waals surface area contributed by atoms with Gasteiger partial charge in [-0.25, -0.2) is 4.57 Å². The normalized spacial score (nSPS) is 42.6. The lowest BCUT2D eigenvalue weighted by atomic mass is 9.41. The van der Waals surface area contributed by atoms with Crippen LogP contribution in [-0.2, 0) is 11.8 Å². The number of hydrogen-bond acceptors (Lipinski definition) is 5. The Labute approximate surface area is 199 Å². The first-order valence-corrected chi connectivity index (χ1v) is 13.4. The fraction of sp³-hybridized carbons (Fsp3) is 0.889. The molecule has 0 bridgehead atoms. The van der Waals surface area contributed by atoms with Gasteiger partial charge >= 0.3 is 12.0 Å². The topological polar surface area (TPSA) is 66.2 Å². The fourth-order valence-electron chi connectivity index (χ4n) is 9.04. The number of nitrogens with zero attached hydrogens (tertiary/aromatic N) is 3. The smallest absolute Gasteiger partial charge is 0.319 e. The number of fused-ring (bicyclic) bond motifs is 5. The Hall–Kier alpha value is -1.59. The maximum Gasteiger partial charge on any atom is 0.319 e. The summed E-state index contributed by atoms with van der Waals surface area (Å²) in [6.45, 7) is 7.62. The third kappa shape index (κ3) is 3.70. The van der Waals surface area contributed by atoms with Crippen molar-refractivity contribution in [3.05, 3.63) is 0 Å². The summed E-state index contributed by atoms with van der Waals surface area (Å²) in [4.78, 5) is 13.5. The molecule has 0 N–H and O–H groups in total. The molecule has 0 spiro atoms. The van der Waals surface area contributed by atoms with Crippen molar-refractivity contribution in [1.82, 2.24) is 14.8 Å². The summed E-state index contributed by atoms with van der Waals surface area (Å²) in [7, 11) is 3.35. The molecule has 0 saturated heterocycles. The van der Waals surface area contributed by atoms with Crippen LogP contribution in [0.1, 0.15) is 85.0 Å². The van der Waals surface area contributed by atoms with Crippen LogP contribution < -0.4 is 9.47 Å². The molecule has 1 heterocycles. The number of aromatic nitrogens is 3. The van der Waals surface area contributed by atoms with Crippen molar-refractivity contribution in [1.29, 1.82) is 0 Å². The highest BCUT2D eigenvalue weighted by molar-refractivity contribution is 5.83. The minimum Gasteiger partial charge on any atom is -0.467 e. The Balaban J connectivity index is 1.31. The van der Waals surface area contributed by atoms with Crippen LogP contribution in [0.2, 0.25) is 0 Å². The molecule has 5 rings (SSSR count). The van der Waals surface area contributed by atoms with Gasteiger partial charge in [-0.05, 0) is 91.8 Å². The lowest BCUT2D eigenvalue weighted by molar-refractivity contribution is -0.158. The van der Waals surface area contributed by atoms with Gasteiger partial charge in [-0.1, -0.05) is 43.8 Å². The van der Waals surface area contributed by atoms with Crippen molar-refractivity contribution in [2.45, 2.75) is 85.0 Å². The van der Waals surface area contributed by atoms with Crippen LogP contribution in [0.4, 0.5) is 0 Å². The van der Waals surface area contributed by atoms with E-state index in [0.717, 1.165) is 30.1 Å². The van der Waals surface area contributed by atoms with E-state index in [0.29, 0.717) is 23.4 Å². The van der Waals surface area contributed by atoms with Gasteiger partial charge in [-0.15, -0.1) is 0 Å². The van der Waals surface area contributed by atoms with E-state index < -0.39 is 0 Å². The minimum absolute atomic E-state index is 0.0778. The Morgan fingerprint density at radius 3 is 2.48 bits per heavy atom. The van der Waals surface area contributed by atoms with E-state index >= 15 is 0 Å². The zero-order valence-electron chi connectivity index (χ0n) is 21.3. The predicted octanol–water partition coefficient (Wildman–Crippen LogP) is 5.46. The molecule has 184 valence electrons. The highest BCUT2D eigenvalue weighted by Gasteiger charge is 2.59. The number of carbonyl (C=O) groups excluding carboxylic acids is 1. The van der Waals surface area contributed by atoms with E-state index in [1.54, 1.807) is 18.7 Å². The van der Waals surface area contributed by atoms with Gasteiger partial charge in [0.05, 0.1) is 7.11 Å². The molecule has 4 saturated carbocycles. The standard InChI is InChI=1S/C27H43N3O3/c1-17-11-13-26(2)18(15-17)9-10-19-20-7-6-8-22(27(20,3)14-12-21(19)26)23(31)16-33-25-29-28-24(32-5)30(25)4/h17-22H,6-16H2,1-5H3/t17-,18-,19-,20-,21?,22+,26-,27-/m0/s1. The van der Waals surface area contributed by atoms with Crippen LogP contribution in [0.3, 0.4) is 0 Å². The van der Waals surface area contributed by atoms with E-state index in [4.69, 9.17) is 9.47 Å². The molecule has 1 unspecified atom stereocenters. The molecule has 8 atom stereocenters. The SMILES string of the molecule is COc1nnc(OCC(=O)[C@H]2CCC[C@H]3[C@@H]4CC[C@H]5C[C@@H](C)CC[C@]5(C)C4CC[C@]23C)n1C. The van der Waals surface area contributed by atoms with E-state index in [1.807, 2.05) is 0 Å². The van der Waals surface area contributed by atoms with Gasteiger partial charge in [-0.2, -0.15) is 0 Å². The first-order valence-electron chi connectivity index (χ1n) is 13.4. The molecule has 0 aromatic carbocycles. The number of Topliss-reactive ketones (excluding diaryl/α,β-unsaturated/α-hetero) is 1. The molecule has 4 aliphatic rings. The molecule has 1 aromatic rings. The quantitative estimate of drug-likeness (QED) is 0.588. The minimum atomic E-state index is 0.0778. The zero-order chi connectivity index (χ0) is 23.4. The number of ketones is 1. The Morgan fingerprint density at radius 2 is 1.73 bits per heavy atom. The van der Waals surface area contributed by atoms with Crippen molar-refractivity contribution in [2.24, 2.45) is 53.4 Å². The van der Waals surface area contributed by atoms with Crippen molar-refractivity contribution < 1.29 is 14.3 Å². The second-order valence-electron chi connectivity index (χ2n) is 12.3. The molecule has 33 heavy (non-hydrogen) atoms. The van der Waals surface area contributed by atoms with Crippen molar-refractivity contribution in [3.8, 4) is 12.0 Å². The van der Waals surface area contributed by atoms with Crippen LogP contribution in [0, 0.1) is 46.3 Å². The van der Waals surface area contributed by atoms with E-state index in [1.165, 1.54) is 57.8 Å². The van der Waals surface area contributed by atoms with Gasteiger partial charge in [0.2, 0.25) is 0 Å². The molecule has 4 aliphatic carbocycles. The summed E-state index contributed by atoms with van der Waals surface area (Å²) in [5.74, 6) is 4.52. The first kappa shape index (κ1) is 23.2. The van der Waals surface area contributed by atoms with Gasteiger partial charge in [0.25, 0.3) is 0 Å². The van der Waals surface area contributed by atoms with E-state index in [9.17, 15) is 4.79 Å². The van der Waals surface area contributed by atoms with Gasteiger partial charge in [0, 0.05) is 13.0 Å². The molecule has 0 amide bonds. The lowest BCUT2D eigenvalue weighted by Crippen LogP contribution is -2.57. The van der Waals surface area contributed by atoms with Crippen LogP contribution in [-0.4, -0.2) is 34.3 Å². The Kier molecular flexibility index (Phi) is 6.01. The van der Waals surface area contributed by atoms with Crippen LogP contribution in [0.25, 0.3) is 0 Å². The van der Waals surface area contributed by atoms with Crippen LogP contribution >= 0.6 is 0 Å². The molecular formula is C27H43N3O3. The largest absolute Gasteiger partial charge is 0.467 e. The number of ether oxygens (including phenoxy) is 2. The van der Waals surface area contributed by atoms with Crippen LogP contribution in [0.5, 0.6) is 12.0 Å². The third-order valence-corrected chi connectivity index (χ3v) is 10.9.